The first kappa shape index (κ1) is 11.9. The van der Waals surface area contributed by atoms with Crippen molar-refractivity contribution >= 4 is 11.6 Å². The van der Waals surface area contributed by atoms with E-state index >= 15 is 0 Å². The molecule has 2 heterocycles. The number of aromatic nitrogens is 2. The van der Waals surface area contributed by atoms with Crippen molar-refractivity contribution < 1.29 is 4.39 Å². The fourth-order valence-corrected chi connectivity index (χ4v) is 2.74. The molecule has 2 fully saturated rings. The molecule has 0 aromatic carbocycles. The maximum Gasteiger partial charge on any atom is 0.329 e. The molecule has 1 N–H and O–H groups in total. The van der Waals surface area contributed by atoms with Gasteiger partial charge in [0.1, 0.15) is 0 Å². The summed E-state index contributed by atoms with van der Waals surface area (Å²) in [5.41, 5.74) is -1.56. The van der Waals surface area contributed by atoms with Crippen LogP contribution in [-0.2, 0) is 0 Å². The second kappa shape index (κ2) is 4.20. The van der Waals surface area contributed by atoms with Crippen molar-refractivity contribution in [1.82, 2.24) is 14.5 Å². The fraction of sp³-hybridized carbons (Fsp3) is 0.636. The molecule has 1 aromatic heterocycles. The molecule has 0 amide bonds. The zero-order valence-electron chi connectivity index (χ0n) is 9.66. The van der Waals surface area contributed by atoms with Gasteiger partial charge in [-0.15, -0.1) is 0 Å². The number of aromatic amines is 1. The molecule has 7 heteroatoms. The highest BCUT2D eigenvalue weighted by Gasteiger charge is 2.36. The highest BCUT2D eigenvalue weighted by molar-refractivity contribution is 6.29. The summed E-state index contributed by atoms with van der Waals surface area (Å²) >= 11 is 5.43. The Hall–Kier alpha value is -1.14. The van der Waals surface area contributed by atoms with Crippen LogP contribution < -0.4 is 11.2 Å². The molecular formula is C11H13ClFN3O2. The molecular weight excluding hydrogens is 261 g/mol. The molecule has 5 nitrogen and oxygen atoms in total. The zero-order valence-corrected chi connectivity index (χ0v) is 10.4. The summed E-state index contributed by atoms with van der Waals surface area (Å²) in [6.45, 7) is 1.49. The predicted octanol–water partition coefficient (Wildman–Crippen LogP) is 0.738. The second-order valence-corrected chi connectivity index (χ2v) is 5.28. The van der Waals surface area contributed by atoms with E-state index in [4.69, 9.17) is 11.6 Å². The van der Waals surface area contributed by atoms with Crippen molar-refractivity contribution in [3.63, 3.8) is 0 Å². The average molecular weight is 274 g/mol. The van der Waals surface area contributed by atoms with Gasteiger partial charge in [0.15, 0.2) is 5.15 Å². The highest BCUT2D eigenvalue weighted by atomic mass is 35.5. The predicted molar refractivity (Wildman–Crippen MR) is 64.5 cm³/mol. The molecule has 0 spiro atoms. The van der Waals surface area contributed by atoms with Crippen molar-refractivity contribution in [3.05, 3.63) is 31.8 Å². The number of likely N-dealkylation sites (tertiary alicyclic amines) is 1. The van der Waals surface area contributed by atoms with Crippen LogP contribution in [0.15, 0.2) is 9.59 Å². The van der Waals surface area contributed by atoms with Crippen molar-refractivity contribution in [2.75, 3.05) is 13.1 Å². The van der Waals surface area contributed by atoms with Gasteiger partial charge in [-0.1, -0.05) is 11.6 Å². The van der Waals surface area contributed by atoms with E-state index in [0.29, 0.717) is 19.0 Å². The first-order chi connectivity index (χ1) is 8.58. The van der Waals surface area contributed by atoms with E-state index in [0.717, 1.165) is 11.1 Å². The number of hydrogen-bond donors (Lipinski definition) is 1. The number of H-pyrrole nitrogens is 1. The maximum absolute atomic E-state index is 13.4. The van der Waals surface area contributed by atoms with E-state index in [1.54, 1.807) is 0 Å². The number of hydrogen-bond acceptors (Lipinski definition) is 3. The Labute approximate surface area is 107 Å². The first-order valence-corrected chi connectivity index (χ1v) is 6.39. The molecule has 1 aromatic rings. The lowest BCUT2D eigenvalue weighted by molar-refractivity contribution is 0.309. The summed E-state index contributed by atoms with van der Waals surface area (Å²) in [6, 6.07) is 0.329. The molecule has 0 radical (unpaired) electrons. The number of halogens is 2. The summed E-state index contributed by atoms with van der Waals surface area (Å²) in [7, 11) is 0. The molecule has 98 valence electrons. The van der Waals surface area contributed by atoms with Crippen molar-refractivity contribution in [3.8, 4) is 0 Å². The normalized spacial score (nSPS) is 24.7. The Balaban J connectivity index is 1.95. The van der Waals surface area contributed by atoms with Crippen molar-refractivity contribution in [2.45, 2.75) is 31.3 Å². The van der Waals surface area contributed by atoms with Gasteiger partial charge >= 0.3 is 5.69 Å². The molecule has 1 aliphatic heterocycles. The fourth-order valence-electron chi connectivity index (χ4n) is 2.58. The molecule has 2 aliphatic rings. The topological polar surface area (TPSA) is 58.1 Å². The Morgan fingerprint density at radius 1 is 1.22 bits per heavy atom. The van der Waals surface area contributed by atoms with Crippen LogP contribution in [0, 0.1) is 5.82 Å². The summed E-state index contributed by atoms with van der Waals surface area (Å²) in [5, 5.41) is -0.515. The number of rotatable bonds is 2. The lowest BCUT2D eigenvalue weighted by atomic mass is 10.2. The minimum absolute atomic E-state index is 0.256. The lowest BCUT2D eigenvalue weighted by Crippen LogP contribution is -2.41. The molecule has 0 bridgehead atoms. The molecule has 1 aliphatic carbocycles. The van der Waals surface area contributed by atoms with E-state index < -0.39 is 22.2 Å². The van der Waals surface area contributed by atoms with Crippen LogP contribution in [-0.4, -0.2) is 33.6 Å². The molecule has 1 unspecified atom stereocenters. The van der Waals surface area contributed by atoms with Gasteiger partial charge in [-0.05, 0) is 19.3 Å². The minimum Gasteiger partial charge on any atom is -0.298 e. The monoisotopic (exact) mass is 273 g/mol. The average Bonchev–Trinajstić information content (AvgIpc) is 3.07. The smallest absolute Gasteiger partial charge is 0.298 e. The van der Waals surface area contributed by atoms with Gasteiger partial charge in [-0.2, -0.15) is 4.39 Å². The lowest BCUT2D eigenvalue weighted by Gasteiger charge is -2.15. The van der Waals surface area contributed by atoms with Gasteiger partial charge in [0, 0.05) is 19.1 Å². The van der Waals surface area contributed by atoms with Crippen LogP contribution in [0.4, 0.5) is 4.39 Å². The largest absolute Gasteiger partial charge is 0.329 e. The zero-order chi connectivity index (χ0) is 12.9. The van der Waals surface area contributed by atoms with Gasteiger partial charge in [0.2, 0.25) is 5.82 Å². The first-order valence-electron chi connectivity index (χ1n) is 6.02. The van der Waals surface area contributed by atoms with E-state index in [1.165, 1.54) is 12.8 Å². The summed E-state index contributed by atoms with van der Waals surface area (Å²) in [6.07, 6.45) is 3.04. The molecule has 1 saturated heterocycles. The Kier molecular flexibility index (Phi) is 2.79. The van der Waals surface area contributed by atoms with Crippen LogP contribution in [0.3, 0.4) is 0 Å². The molecule has 3 rings (SSSR count). The third-order valence-electron chi connectivity index (χ3n) is 3.66. The van der Waals surface area contributed by atoms with E-state index in [2.05, 4.69) is 9.88 Å². The van der Waals surface area contributed by atoms with Gasteiger partial charge in [0.05, 0.1) is 6.04 Å². The van der Waals surface area contributed by atoms with Gasteiger partial charge in [-0.25, -0.2) is 4.79 Å². The Morgan fingerprint density at radius 3 is 2.61 bits per heavy atom. The SMILES string of the molecule is O=c1[nH]c(Cl)c(F)c(=O)n1C1CCN(C2CC2)C1. The minimum atomic E-state index is -1.08. The quantitative estimate of drug-likeness (QED) is 0.809. The van der Waals surface area contributed by atoms with Crippen LogP contribution in [0.1, 0.15) is 25.3 Å². The van der Waals surface area contributed by atoms with Crippen LogP contribution in [0.25, 0.3) is 0 Å². The van der Waals surface area contributed by atoms with Crippen LogP contribution in [0.5, 0.6) is 0 Å². The van der Waals surface area contributed by atoms with E-state index in [1.807, 2.05) is 0 Å². The van der Waals surface area contributed by atoms with Gasteiger partial charge in [-0.3, -0.25) is 19.2 Å². The van der Waals surface area contributed by atoms with Crippen molar-refractivity contribution in [1.29, 1.82) is 0 Å². The molecule has 1 saturated carbocycles. The van der Waals surface area contributed by atoms with Gasteiger partial charge < -0.3 is 0 Å². The Morgan fingerprint density at radius 2 is 1.94 bits per heavy atom. The van der Waals surface area contributed by atoms with E-state index in [9.17, 15) is 14.0 Å². The third kappa shape index (κ3) is 1.89. The molecule has 1 atom stereocenters. The number of nitrogens with zero attached hydrogens (tertiary/aromatic N) is 2. The highest BCUT2D eigenvalue weighted by Crippen LogP contribution is 2.32. The Bertz CT molecular complexity index is 593. The van der Waals surface area contributed by atoms with Gasteiger partial charge in [0.25, 0.3) is 5.56 Å². The van der Waals surface area contributed by atoms with Crippen molar-refractivity contribution in [2.24, 2.45) is 0 Å². The summed E-state index contributed by atoms with van der Waals surface area (Å²) < 4.78 is 14.4. The van der Waals surface area contributed by atoms with E-state index in [-0.39, 0.29) is 6.04 Å². The second-order valence-electron chi connectivity index (χ2n) is 4.90. The number of nitrogens with one attached hydrogen (secondary N) is 1. The summed E-state index contributed by atoms with van der Waals surface area (Å²) in [5.74, 6) is -1.08. The molecule has 18 heavy (non-hydrogen) atoms. The van der Waals surface area contributed by atoms with Crippen LogP contribution in [0.2, 0.25) is 5.15 Å². The summed E-state index contributed by atoms with van der Waals surface area (Å²) in [4.78, 5) is 27.9. The van der Waals surface area contributed by atoms with Crippen LogP contribution >= 0.6 is 11.6 Å². The standard InChI is InChI=1S/C11H13ClFN3O2/c12-9-8(13)10(17)16(11(18)14-9)7-3-4-15(5-7)6-1-2-6/h6-7H,1-5H2,(H,14,18). The third-order valence-corrected chi connectivity index (χ3v) is 3.92. The maximum atomic E-state index is 13.4.